The summed E-state index contributed by atoms with van der Waals surface area (Å²) in [4.78, 5) is 25.6. The van der Waals surface area contributed by atoms with Crippen molar-refractivity contribution >= 4 is 11.9 Å². The number of fused-ring (bicyclic) bond motifs is 1. The molecule has 1 N–H and O–H groups in total. The van der Waals surface area contributed by atoms with Crippen LogP contribution in [0.25, 0.3) is 0 Å². The molecule has 0 aromatic carbocycles. The average molecular weight is 293 g/mol. The zero-order chi connectivity index (χ0) is 15.0. The molecule has 1 aliphatic heterocycles. The second-order valence-corrected chi connectivity index (χ2v) is 5.69. The van der Waals surface area contributed by atoms with Gasteiger partial charge in [0.2, 0.25) is 0 Å². The van der Waals surface area contributed by atoms with Gasteiger partial charge in [0.25, 0.3) is 5.91 Å². The van der Waals surface area contributed by atoms with E-state index >= 15 is 0 Å². The number of carbonyl (C=O) groups excluding carboxylic acids is 1. The molecule has 6 heteroatoms. The van der Waals surface area contributed by atoms with Gasteiger partial charge in [0.15, 0.2) is 0 Å². The number of hydrogen-bond acceptors (Lipinski definition) is 4. The van der Waals surface area contributed by atoms with Crippen molar-refractivity contribution < 1.29 is 23.8 Å². The standard InChI is InChI=1S/C15H19NO5/c1-9-8-21-12(7-13(17)18)14(9)15(19)16-5-6-20-11-4-2-3-10(11)16/h8,10-11H,2-7H2,1H3,(H,17,18). The number of rotatable bonds is 3. The predicted molar refractivity (Wildman–Crippen MR) is 73.2 cm³/mol. The Bertz CT molecular complexity index is 564. The van der Waals surface area contributed by atoms with E-state index < -0.39 is 5.97 Å². The summed E-state index contributed by atoms with van der Waals surface area (Å²) in [7, 11) is 0. The quantitative estimate of drug-likeness (QED) is 0.915. The van der Waals surface area contributed by atoms with Crippen molar-refractivity contribution in [1.82, 2.24) is 4.90 Å². The fourth-order valence-electron chi connectivity index (χ4n) is 3.37. The Morgan fingerprint density at radius 3 is 3.00 bits per heavy atom. The number of hydrogen-bond donors (Lipinski definition) is 1. The first-order chi connectivity index (χ1) is 10.1. The summed E-state index contributed by atoms with van der Waals surface area (Å²) in [6.45, 7) is 2.86. The van der Waals surface area contributed by atoms with Gasteiger partial charge in [0.1, 0.15) is 12.2 Å². The maximum Gasteiger partial charge on any atom is 0.311 e. The minimum Gasteiger partial charge on any atom is -0.481 e. The molecule has 3 rings (SSSR count). The van der Waals surface area contributed by atoms with Gasteiger partial charge >= 0.3 is 5.97 Å². The lowest BCUT2D eigenvalue weighted by Crippen LogP contribution is -2.51. The van der Waals surface area contributed by atoms with E-state index in [0.29, 0.717) is 24.3 Å². The molecule has 1 aromatic heterocycles. The molecule has 2 fully saturated rings. The molecule has 114 valence electrons. The summed E-state index contributed by atoms with van der Waals surface area (Å²) in [6.07, 6.45) is 4.30. The molecule has 2 unspecified atom stereocenters. The van der Waals surface area contributed by atoms with Gasteiger partial charge in [0, 0.05) is 12.1 Å². The first-order valence-corrected chi connectivity index (χ1v) is 7.29. The van der Waals surface area contributed by atoms with E-state index in [1.54, 1.807) is 6.92 Å². The summed E-state index contributed by atoms with van der Waals surface area (Å²) < 4.78 is 11.0. The summed E-state index contributed by atoms with van der Waals surface area (Å²) in [5.41, 5.74) is 1.10. The third-order valence-electron chi connectivity index (χ3n) is 4.32. The smallest absolute Gasteiger partial charge is 0.311 e. The van der Waals surface area contributed by atoms with Gasteiger partial charge in [-0.2, -0.15) is 0 Å². The highest BCUT2D eigenvalue weighted by Crippen LogP contribution is 2.32. The van der Waals surface area contributed by atoms with Crippen molar-refractivity contribution in [3.8, 4) is 0 Å². The van der Waals surface area contributed by atoms with Crippen molar-refractivity contribution in [3.05, 3.63) is 23.2 Å². The van der Waals surface area contributed by atoms with Gasteiger partial charge in [-0.15, -0.1) is 0 Å². The molecule has 1 aromatic rings. The highest BCUT2D eigenvalue weighted by Gasteiger charge is 2.40. The van der Waals surface area contributed by atoms with Crippen LogP contribution in [0.3, 0.4) is 0 Å². The maximum absolute atomic E-state index is 12.8. The molecule has 1 amide bonds. The topological polar surface area (TPSA) is 80.0 Å². The molecular formula is C15H19NO5. The Hall–Kier alpha value is -1.82. The minimum atomic E-state index is -1.00. The lowest BCUT2D eigenvalue weighted by Gasteiger charge is -2.37. The fourth-order valence-corrected chi connectivity index (χ4v) is 3.37. The Balaban J connectivity index is 1.87. The van der Waals surface area contributed by atoms with Crippen LogP contribution in [0.2, 0.25) is 0 Å². The lowest BCUT2D eigenvalue weighted by atomic mass is 10.0. The van der Waals surface area contributed by atoms with Gasteiger partial charge in [0.05, 0.1) is 30.6 Å². The first kappa shape index (κ1) is 14.1. The molecule has 2 aliphatic rings. The van der Waals surface area contributed by atoms with Crippen molar-refractivity contribution in [2.45, 2.75) is 44.8 Å². The molecule has 2 heterocycles. The van der Waals surface area contributed by atoms with E-state index in [1.807, 2.05) is 4.90 Å². The molecule has 1 aliphatic carbocycles. The van der Waals surface area contributed by atoms with Crippen molar-refractivity contribution in [1.29, 1.82) is 0 Å². The summed E-state index contributed by atoms with van der Waals surface area (Å²) in [6, 6.07) is 0.109. The van der Waals surface area contributed by atoms with E-state index in [9.17, 15) is 9.59 Å². The van der Waals surface area contributed by atoms with E-state index in [-0.39, 0.29) is 30.2 Å². The van der Waals surface area contributed by atoms with Gasteiger partial charge in [-0.1, -0.05) is 0 Å². The fraction of sp³-hybridized carbons (Fsp3) is 0.600. The Labute approximate surface area is 122 Å². The number of morpholine rings is 1. The van der Waals surface area contributed by atoms with Crippen LogP contribution in [0.1, 0.15) is 40.9 Å². The number of carboxylic acid groups (broad SMARTS) is 1. The number of amides is 1. The number of aryl methyl sites for hydroxylation is 1. The summed E-state index contributed by atoms with van der Waals surface area (Å²) in [5.74, 6) is -0.886. The number of aliphatic carboxylic acids is 1. The monoisotopic (exact) mass is 293 g/mol. The van der Waals surface area contributed by atoms with Gasteiger partial charge in [-0.3, -0.25) is 9.59 Å². The van der Waals surface area contributed by atoms with Crippen LogP contribution in [-0.4, -0.2) is 47.2 Å². The van der Waals surface area contributed by atoms with Crippen molar-refractivity contribution in [2.75, 3.05) is 13.2 Å². The Kier molecular flexibility index (Phi) is 3.71. The van der Waals surface area contributed by atoms with E-state index in [4.69, 9.17) is 14.3 Å². The second-order valence-electron chi connectivity index (χ2n) is 5.69. The number of furan rings is 1. The van der Waals surface area contributed by atoms with Gasteiger partial charge in [-0.25, -0.2) is 0 Å². The molecule has 0 radical (unpaired) electrons. The van der Waals surface area contributed by atoms with Crippen molar-refractivity contribution in [2.24, 2.45) is 0 Å². The molecule has 1 saturated carbocycles. The number of nitrogens with zero attached hydrogens (tertiary/aromatic N) is 1. The van der Waals surface area contributed by atoms with Crippen LogP contribution in [0.15, 0.2) is 10.7 Å². The van der Waals surface area contributed by atoms with Crippen LogP contribution in [0, 0.1) is 6.92 Å². The zero-order valence-electron chi connectivity index (χ0n) is 12.0. The molecule has 6 nitrogen and oxygen atoms in total. The molecule has 21 heavy (non-hydrogen) atoms. The number of carbonyl (C=O) groups is 2. The molecule has 1 saturated heterocycles. The predicted octanol–water partition coefficient (Wildman–Crippen LogP) is 1.61. The van der Waals surface area contributed by atoms with Crippen LogP contribution < -0.4 is 0 Å². The first-order valence-electron chi connectivity index (χ1n) is 7.29. The second kappa shape index (κ2) is 5.52. The highest BCUT2D eigenvalue weighted by molar-refractivity contribution is 5.97. The minimum absolute atomic E-state index is 0.109. The zero-order valence-corrected chi connectivity index (χ0v) is 12.0. The highest BCUT2D eigenvalue weighted by atomic mass is 16.5. The lowest BCUT2D eigenvalue weighted by molar-refractivity contribution is -0.136. The van der Waals surface area contributed by atoms with E-state index in [1.165, 1.54) is 6.26 Å². The van der Waals surface area contributed by atoms with Crippen LogP contribution in [-0.2, 0) is 16.0 Å². The number of carboxylic acids is 1. The average Bonchev–Trinajstić information content (AvgIpc) is 3.04. The third-order valence-corrected chi connectivity index (χ3v) is 4.32. The molecule has 0 bridgehead atoms. The SMILES string of the molecule is Cc1coc(CC(=O)O)c1C(=O)N1CCOC2CCCC21. The van der Waals surface area contributed by atoms with Gasteiger partial charge in [-0.05, 0) is 26.2 Å². The van der Waals surface area contributed by atoms with Gasteiger partial charge < -0.3 is 19.2 Å². The summed E-state index contributed by atoms with van der Waals surface area (Å²) in [5, 5.41) is 8.94. The van der Waals surface area contributed by atoms with Crippen LogP contribution in [0.4, 0.5) is 0 Å². The number of ether oxygens (including phenoxy) is 1. The maximum atomic E-state index is 12.8. The van der Waals surface area contributed by atoms with Crippen LogP contribution in [0.5, 0.6) is 0 Å². The normalized spacial score (nSPS) is 24.9. The summed E-state index contributed by atoms with van der Waals surface area (Å²) >= 11 is 0. The largest absolute Gasteiger partial charge is 0.481 e. The molecule has 0 spiro atoms. The molecule has 2 atom stereocenters. The van der Waals surface area contributed by atoms with Crippen LogP contribution >= 0.6 is 0 Å². The molecular weight excluding hydrogens is 274 g/mol. The van der Waals surface area contributed by atoms with Crippen molar-refractivity contribution in [3.63, 3.8) is 0 Å². The Morgan fingerprint density at radius 2 is 2.24 bits per heavy atom. The van der Waals surface area contributed by atoms with E-state index in [0.717, 1.165) is 19.3 Å². The van der Waals surface area contributed by atoms with E-state index in [2.05, 4.69) is 0 Å². The Morgan fingerprint density at radius 1 is 1.43 bits per heavy atom. The third kappa shape index (κ3) is 2.55.